The van der Waals surface area contributed by atoms with Gasteiger partial charge in [0.2, 0.25) is 5.91 Å². The van der Waals surface area contributed by atoms with Crippen molar-refractivity contribution < 1.29 is 9.59 Å². The first-order valence-electron chi connectivity index (χ1n) is 11.0. The molecule has 1 heterocycles. The van der Waals surface area contributed by atoms with Crippen LogP contribution in [0.1, 0.15) is 48.6 Å². The highest BCUT2D eigenvalue weighted by Gasteiger charge is 2.26. The van der Waals surface area contributed by atoms with Crippen LogP contribution in [-0.2, 0) is 11.3 Å². The van der Waals surface area contributed by atoms with Crippen LogP contribution < -0.4 is 10.6 Å². The summed E-state index contributed by atoms with van der Waals surface area (Å²) in [6, 6.07) is 10.1. The maximum atomic E-state index is 12.9. The van der Waals surface area contributed by atoms with Gasteiger partial charge in [-0.3, -0.25) is 9.59 Å². The van der Waals surface area contributed by atoms with Gasteiger partial charge in [-0.05, 0) is 44.0 Å². The van der Waals surface area contributed by atoms with Crippen molar-refractivity contribution in [3.63, 3.8) is 0 Å². The third-order valence-electron chi connectivity index (χ3n) is 5.19. The lowest BCUT2D eigenvalue weighted by molar-refractivity contribution is -0.113. The number of nitrogens with zero attached hydrogens (tertiary/aromatic N) is 3. The normalized spacial score (nSPS) is 12.0. The Morgan fingerprint density at radius 1 is 1.06 bits per heavy atom. The number of carbonyl (C=O) groups excluding carboxylic acids is 2. The van der Waals surface area contributed by atoms with Crippen LogP contribution in [0.2, 0.25) is 15.1 Å². The van der Waals surface area contributed by atoms with Gasteiger partial charge in [-0.2, -0.15) is 0 Å². The van der Waals surface area contributed by atoms with Gasteiger partial charge in [-0.1, -0.05) is 78.1 Å². The van der Waals surface area contributed by atoms with E-state index >= 15 is 0 Å². The number of rotatable bonds is 9. The van der Waals surface area contributed by atoms with Crippen molar-refractivity contribution in [2.45, 2.75) is 45.4 Å². The van der Waals surface area contributed by atoms with Crippen LogP contribution in [-0.4, -0.2) is 32.3 Å². The van der Waals surface area contributed by atoms with Crippen LogP contribution >= 0.6 is 46.6 Å². The fourth-order valence-corrected chi connectivity index (χ4v) is 4.81. The fourth-order valence-electron chi connectivity index (χ4n) is 3.41. The molecule has 1 atom stereocenters. The van der Waals surface area contributed by atoms with Crippen LogP contribution in [0.4, 0.5) is 5.69 Å². The Kier molecular flexibility index (Phi) is 9.47. The third kappa shape index (κ3) is 6.91. The molecule has 2 aromatic carbocycles. The summed E-state index contributed by atoms with van der Waals surface area (Å²) in [6.45, 7) is 8.51. The first-order valence-corrected chi connectivity index (χ1v) is 13.1. The Bertz CT molecular complexity index is 1230. The quantitative estimate of drug-likeness (QED) is 0.235. The molecule has 11 heteroatoms. The van der Waals surface area contributed by atoms with Crippen LogP contribution in [0.5, 0.6) is 0 Å². The van der Waals surface area contributed by atoms with E-state index in [2.05, 4.69) is 20.8 Å². The van der Waals surface area contributed by atoms with Gasteiger partial charge in [-0.15, -0.1) is 10.2 Å². The van der Waals surface area contributed by atoms with Gasteiger partial charge in [0.05, 0.1) is 32.5 Å². The number of thioether (sulfide) groups is 1. The zero-order chi connectivity index (χ0) is 25.7. The Morgan fingerprint density at radius 2 is 1.77 bits per heavy atom. The Balaban J connectivity index is 1.72. The van der Waals surface area contributed by atoms with Crippen molar-refractivity contribution in [3.8, 4) is 0 Å². The molecule has 186 valence electrons. The van der Waals surface area contributed by atoms with Crippen molar-refractivity contribution in [1.29, 1.82) is 0 Å². The monoisotopic (exact) mass is 553 g/mol. The minimum absolute atomic E-state index is 0.0659. The van der Waals surface area contributed by atoms with E-state index in [1.165, 1.54) is 23.9 Å². The molecular formula is C24H26Cl3N5O2S. The summed E-state index contributed by atoms with van der Waals surface area (Å²) in [6.07, 6.45) is 0. The molecule has 3 aromatic rings. The van der Waals surface area contributed by atoms with Crippen molar-refractivity contribution in [2.75, 3.05) is 11.1 Å². The van der Waals surface area contributed by atoms with E-state index in [1.807, 2.05) is 50.5 Å². The molecule has 0 bridgehead atoms. The SMILES string of the molecule is CCn1c(SCC(=O)Nc2cc(Cl)c(Cl)cc2Cl)nnc1[C@H](NC(=O)c1cccc(C)c1)C(C)C. The summed E-state index contributed by atoms with van der Waals surface area (Å²) in [5.74, 6) is 0.326. The molecule has 0 aliphatic rings. The molecule has 0 saturated heterocycles. The van der Waals surface area contributed by atoms with Gasteiger partial charge >= 0.3 is 0 Å². The van der Waals surface area contributed by atoms with Crippen LogP contribution in [0.25, 0.3) is 0 Å². The van der Waals surface area contributed by atoms with Gasteiger partial charge in [0.1, 0.15) is 0 Å². The van der Waals surface area contributed by atoms with Gasteiger partial charge in [0.15, 0.2) is 11.0 Å². The van der Waals surface area contributed by atoms with Crippen molar-refractivity contribution in [3.05, 3.63) is 68.4 Å². The zero-order valence-corrected chi connectivity index (χ0v) is 22.8. The molecule has 3 rings (SSSR count). The first kappa shape index (κ1) is 27.3. The second-order valence-electron chi connectivity index (χ2n) is 8.23. The largest absolute Gasteiger partial charge is 0.342 e. The van der Waals surface area contributed by atoms with E-state index in [1.54, 1.807) is 6.07 Å². The Labute approximate surface area is 223 Å². The number of halogens is 3. The number of aryl methyl sites for hydroxylation is 1. The number of anilines is 1. The summed E-state index contributed by atoms with van der Waals surface area (Å²) in [7, 11) is 0. The molecule has 0 unspecified atom stereocenters. The Hall–Kier alpha value is -2.26. The molecule has 0 radical (unpaired) electrons. The zero-order valence-electron chi connectivity index (χ0n) is 19.7. The summed E-state index contributed by atoms with van der Waals surface area (Å²) in [5.41, 5.74) is 1.98. The third-order valence-corrected chi connectivity index (χ3v) is 7.19. The summed E-state index contributed by atoms with van der Waals surface area (Å²) in [5, 5.41) is 15.9. The number of carbonyl (C=O) groups is 2. The Morgan fingerprint density at radius 3 is 2.43 bits per heavy atom. The molecule has 0 spiro atoms. The van der Waals surface area contributed by atoms with E-state index in [-0.39, 0.29) is 29.5 Å². The molecule has 2 N–H and O–H groups in total. The average molecular weight is 555 g/mol. The number of nitrogens with one attached hydrogen (secondary N) is 2. The van der Waals surface area contributed by atoms with E-state index in [0.29, 0.717) is 43.8 Å². The summed E-state index contributed by atoms with van der Waals surface area (Å²) in [4.78, 5) is 25.4. The maximum absolute atomic E-state index is 12.9. The number of hydrogen-bond acceptors (Lipinski definition) is 5. The predicted octanol–water partition coefficient (Wildman–Crippen LogP) is 6.42. The second-order valence-corrected chi connectivity index (χ2v) is 10.4. The molecule has 2 amide bonds. The molecule has 7 nitrogen and oxygen atoms in total. The molecule has 0 saturated carbocycles. The van der Waals surface area contributed by atoms with E-state index < -0.39 is 0 Å². The maximum Gasteiger partial charge on any atom is 0.251 e. The van der Waals surface area contributed by atoms with Crippen LogP contribution in [0.15, 0.2) is 41.6 Å². The summed E-state index contributed by atoms with van der Waals surface area (Å²) < 4.78 is 1.91. The molecule has 0 fully saturated rings. The smallest absolute Gasteiger partial charge is 0.251 e. The topological polar surface area (TPSA) is 88.9 Å². The lowest BCUT2D eigenvalue weighted by atomic mass is 10.0. The van der Waals surface area contributed by atoms with E-state index in [9.17, 15) is 9.59 Å². The molecule has 35 heavy (non-hydrogen) atoms. The first-order chi connectivity index (χ1) is 16.6. The standard InChI is InChI=1S/C24H26Cl3N5O2S/c1-5-32-22(21(13(2)3)29-23(34)15-8-6-7-14(4)9-15)30-31-24(32)35-12-20(33)28-19-11-17(26)16(25)10-18(19)27/h6-11,13,21H,5,12H2,1-4H3,(H,28,33)(H,29,34)/t21-/m1/s1. The van der Waals surface area contributed by atoms with Crippen LogP contribution in [0.3, 0.4) is 0 Å². The fraction of sp³-hybridized carbons (Fsp3) is 0.333. The van der Waals surface area contributed by atoms with Gasteiger partial charge in [0.25, 0.3) is 5.91 Å². The number of amides is 2. The minimum atomic E-state index is -0.353. The lowest BCUT2D eigenvalue weighted by Gasteiger charge is -2.22. The second kappa shape index (κ2) is 12.1. The molecule has 1 aromatic heterocycles. The van der Waals surface area contributed by atoms with E-state index in [4.69, 9.17) is 34.8 Å². The van der Waals surface area contributed by atoms with E-state index in [0.717, 1.165) is 5.56 Å². The van der Waals surface area contributed by atoms with Gasteiger partial charge in [-0.25, -0.2) is 0 Å². The highest BCUT2D eigenvalue weighted by atomic mass is 35.5. The minimum Gasteiger partial charge on any atom is -0.342 e. The van der Waals surface area contributed by atoms with Gasteiger partial charge in [0, 0.05) is 12.1 Å². The summed E-state index contributed by atoms with van der Waals surface area (Å²) >= 11 is 19.4. The van der Waals surface area contributed by atoms with Crippen molar-refractivity contribution >= 4 is 64.1 Å². The van der Waals surface area contributed by atoms with Gasteiger partial charge < -0.3 is 15.2 Å². The lowest BCUT2D eigenvalue weighted by Crippen LogP contribution is -2.33. The highest BCUT2D eigenvalue weighted by molar-refractivity contribution is 7.99. The average Bonchev–Trinajstić information content (AvgIpc) is 3.21. The predicted molar refractivity (Wildman–Crippen MR) is 143 cm³/mol. The number of aromatic nitrogens is 3. The van der Waals surface area contributed by atoms with Crippen molar-refractivity contribution in [2.24, 2.45) is 5.92 Å². The molecule has 0 aliphatic carbocycles. The number of benzene rings is 2. The molecule has 0 aliphatic heterocycles. The van der Waals surface area contributed by atoms with Crippen molar-refractivity contribution in [1.82, 2.24) is 20.1 Å². The highest BCUT2D eigenvalue weighted by Crippen LogP contribution is 2.32. The number of hydrogen-bond donors (Lipinski definition) is 2. The molecular weight excluding hydrogens is 529 g/mol. The van der Waals surface area contributed by atoms with Crippen LogP contribution in [0, 0.1) is 12.8 Å².